The molecule has 0 saturated heterocycles. The summed E-state index contributed by atoms with van der Waals surface area (Å²) < 4.78 is 4.74. The molecule has 1 rings (SSSR count). The van der Waals surface area contributed by atoms with Gasteiger partial charge in [0.05, 0.1) is 23.2 Å². The Balaban J connectivity index is 2.26. The molecule has 0 saturated carbocycles. The van der Waals surface area contributed by atoms with E-state index in [1.165, 1.54) is 7.11 Å². The summed E-state index contributed by atoms with van der Waals surface area (Å²) in [7, 11) is 1.42. The van der Waals surface area contributed by atoms with E-state index in [1.54, 1.807) is 11.3 Å². The molecule has 5 heteroatoms. The minimum atomic E-state index is -0.479. The first-order valence-corrected chi connectivity index (χ1v) is 6.54. The van der Waals surface area contributed by atoms with E-state index in [0.717, 1.165) is 23.7 Å². The van der Waals surface area contributed by atoms with Gasteiger partial charge < -0.3 is 10.1 Å². The average Bonchev–Trinajstić information content (AvgIpc) is 2.69. The third kappa shape index (κ3) is 4.44. The first kappa shape index (κ1) is 14.1. The lowest BCUT2D eigenvalue weighted by Crippen LogP contribution is -2.37. The third-order valence-corrected chi connectivity index (χ3v) is 3.35. The highest BCUT2D eigenvalue weighted by atomic mass is 32.1. The predicted octanol–water partition coefficient (Wildman–Crippen LogP) is 1.78. The van der Waals surface area contributed by atoms with Crippen molar-refractivity contribution >= 4 is 17.3 Å². The molecular weight excluding hydrogens is 236 g/mol. The summed E-state index contributed by atoms with van der Waals surface area (Å²) in [6, 6.07) is 0. The normalized spacial score (nSPS) is 11.5. The van der Waals surface area contributed by atoms with Gasteiger partial charge in [-0.25, -0.2) is 4.98 Å². The highest BCUT2D eigenvalue weighted by molar-refractivity contribution is 7.09. The molecule has 1 aromatic heterocycles. The first-order chi connectivity index (χ1) is 7.95. The van der Waals surface area contributed by atoms with Crippen LogP contribution >= 0.6 is 11.3 Å². The summed E-state index contributed by atoms with van der Waals surface area (Å²) in [5.74, 6) is -0.186. The van der Waals surface area contributed by atoms with Crippen LogP contribution in [0.2, 0.25) is 0 Å². The number of hydrogen-bond acceptors (Lipinski definition) is 5. The smallest absolute Gasteiger partial charge is 0.312 e. The van der Waals surface area contributed by atoms with Gasteiger partial charge >= 0.3 is 5.97 Å². The number of hydrogen-bond donors (Lipinski definition) is 1. The van der Waals surface area contributed by atoms with Crippen LogP contribution in [-0.2, 0) is 16.0 Å². The fraction of sp³-hybridized carbons (Fsp3) is 0.667. The van der Waals surface area contributed by atoms with Gasteiger partial charge in [0, 0.05) is 24.9 Å². The molecule has 0 spiro atoms. The zero-order valence-electron chi connectivity index (χ0n) is 10.9. The van der Waals surface area contributed by atoms with Gasteiger partial charge in [0.2, 0.25) is 0 Å². The second-order valence-electron chi connectivity index (χ2n) is 4.66. The summed E-state index contributed by atoms with van der Waals surface area (Å²) in [5, 5.41) is 6.43. The van der Waals surface area contributed by atoms with Gasteiger partial charge in [-0.2, -0.15) is 0 Å². The van der Waals surface area contributed by atoms with Gasteiger partial charge in [0.15, 0.2) is 0 Å². The van der Waals surface area contributed by atoms with Crippen LogP contribution < -0.4 is 5.32 Å². The second kappa shape index (κ2) is 6.12. The van der Waals surface area contributed by atoms with Crippen LogP contribution in [0.3, 0.4) is 0 Å². The van der Waals surface area contributed by atoms with Gasteiger partial charge in [-0.15, -0.1) is 11.3 Å². The number of nitrogens with zero attached hydrogens (tertiary/aromatic N) is 1. The number of carbonyl (C=O) groups is 1. The lowest BCUT2D eigenvalue weighted by Gasteiger charge is -2.21. The molecule has 0 atom stereocenters. The first-order valence-electron chi connectivity index (χ1n) is 5.66. The van der Waals surface area contributed by atoms with E-state index in [0.29, 0.717) is 6.54 Å². The number of thiazole rings is 1. The number of rotatable bonds is 6. The average molecular weight is 256 g/mol. The van der Waals surface area contributed by atoms with Crippen LogP contribution in [0.25, 0.3) is 0 Å². The fourth-order valence-corrected chi connectivity index (χ4v) is 2.14. The maximum atomic E-state index is 11.4. The lowest BCUT2D eigenvalue weighted by molar-refractivity contribution is -0.150. The van der Waals surface area contributed by atoms with Crippen molar-refractivity contribution in [2.45, 2.75) is 27.2 Å². The van der Waals surface area contributed by atoms with Crippen molar-refractivity contribution in [2.24, 2.45) is 5.41 Å². The van der Waals surface area contributed by atoms with Crippen LogP contribution in [0, 0.1) is 12.3 Å². The highest BCUT2D eigenvalue weighted by Gasteiger charge is 2.27. The second-order valence-corrected chi connectivity index (χ2v) is 5.72. The molecule has 1 aromatic rings. The Bertz CT molecular complexity index is 374. The van der Waals surface area contributed by atoms with Crippen molar-refractivity contribution in [3.05, 3.63) is 16.1 Å². The monoisotopic (exact) mass is 256 g/mol. The zero-order valence-corrected chi connectivity index (χ0v) is 11.7. The molecule has 17 heavy (non-hydrogen) atoms. The van der Waals surface area contributed by atoms with Crippen molar-refractivity contribution < 1.29 is 9.53 Å². The largest absolute Gasteiger partial charge is 0.469 e. The Morgan fingerprint density at radius 1 is 1.59 bits per heavy atom. The van der Waals surface area contributed by atoms with E-state index in [2.05, 4.69) is 15.7 Å². The standard InChI is InChI=1S/C12H20N2O2S/c1-9-14-10(7-17-9)5-6-13-8-12(2,3)11(15)16-4/h7,13H,5-6,8H2,1-4H3. The number of aryl methyl sites for hydroxylation is 1. The van der Waals surface area contributed by atoms with Gasteiger partial charge in [0.1, 0.15) is 0 Å². The molecule has 0 radical (unpaired) electrons. The summed E-state index contributed by atoms with van der Waals surface area (Å²) in [6.45, 7) is 7.19. The summed E-state index contributed by atoms with van der Waals surface area (Å²) >= 11 is 1.66. The maximum Gasteiger partial charge on any atom is 0.312 e. The van der Waals surface area contributed by atoms with Crippen molar-refractivity contribution in [1.29, 1.82) is 0 Å². The van der Waals surface area contributed by atoms with E-state index < -0.39 is 5.41 Å². The minimum absolute atomic E-state index is 0.186. The highest BCUT2D eigenvalue weighted by Crippen LogP contribution is 2.15. The fourth-order valence-electron chi connectivity index (χ4n) is 1.49. The van der Waals surface area contributed by atoms with Gasteiger partial charge in [-0.1, -0.05) is 0 Å². The predicted molar refractivity (Wildman–Crippen MR) is 69.2 cm³/mol. The molecule has 0 aromatic carbocycles. The molecule has 96 valence electrons. The van der Waals surface area contributed by atoms with Crippen LogP contribution in [0.5, 0.6) is 0 Å². The Labute approximate surface area is 106 Å². The van der Waals surface area contributed by atoms with Crippen LogP contribution in [0.15, 0.2) is 5.38 Å². The Hall–Kier alpha value is -0.940. The zero-order chi connectivity index (χ0) is 12.9. The SMILES string of the molecule is COC(=O)C(C)(C)CNCCc1csc(C)n1. The summed E-state index contributed by atoms with van der Waals surface area (Å²) in [5.41, 5.74) is 0.628. The minimum Gasteiger partial charge on any atom is -0.469 e. The molecule has 0 aliphatic heterocycles. The number of aromatic nitrogens is 1. The topological polar surface area (TPSA) is 51.2 Å². The number of ether oxygens (including phenoxy) is 1. The lowest BCUT2D eigenvalue weighted by atomic mass is 9.94. The Morgan fingerprint density at radius 3 is 2.82 bits per heavy atom. The summed E-state index contributed by atoms with van der Waals surface area (Å²) in [6.07, 6.45) is 0.890. The van der Waals surface area contributed by atoms with E-state index in [-0.39, 0.29) is 5.97 Å². The maximum absolute atomic E-state index is 11.4. The van der Waals surface area contributed by atoms with E-state index in [9.17, 15) is 4.79 Å². The van der Waals surface area contributed by atoms with Gasteiger partial charge in [0.25, 0.3) is 0 Å². The number of methoxy groups -OCH3 is 1. The van der Waals surface area contributed by atoms with Crippen molar-refractivity contribution in [3.8, 4) is 0 Å². The quantitative estimate of drug-likeness (QED) is 0.622. The molecule has 0 fully saturated rings. The molecule has 0 aliphatic carbocycles. The molecule has 0 unspecified atom stereocenters. The molecular formula is C12H20N2O2S. The van der Waals surface area contributed by atoms with Gasteiger partial charge in [-0.05, 0) is 20.8 Å². The van der Waals surface area contributed by atoms with Crippen LogP contribution in [0.4, 0.5) is 0 Å². The van der Waals surface area contributed by atoms with Gasteiger partial charge in [-0.3, -0.25) is 4.79 Å². The van der Waals surface area contributed by atoms with Crippen LogP contribution in [-0.4, -0.2) is 31.2 Å². The molecule has 0 aliphatic rings. The van der Waals surface area contributed by atoms with E-state index in [1.807, 2.05) is 20.8 Å². The third-order valence-electron chi connectivity index (χ3n) is 2.53. The van der Waals surface area contributed by atoms with Crippen molar-refractivity contribution in [3.63, 3.8) is 0 Å². The van der Waals surface area contributed by atoms with Crippen molar-refractivity contribution in [2.75, 3.05) is 20.2 Å². The molecule has 1 N–H and O–H groups in total. The van der Waals surface area contributed by atoms with E-state index >= 15 is 0 Å². The Morgan fingerprint density at radius 2 is 2.29 bits per heavy atom. The number of nitrogens with one attached hydrogen (secondary N) is 1. The van der Waals surface area contributed by atoms with Crippen molar-refractivity contribution in [1.82, 2.24) is 10.3 Å². The Kier molecular flexibility index (Phi) is 5.08. The molecule has 1 heterocycles. The number of esters is 1. The molecule has 0 amide bonds. The molecule has 0 bridgehead atoms. The van der Waals surface area contributed by atoms with E-state index in [4.69, 9.17) is 4.74 Å². The van der Waals surface area contributed by atoms with Crippen LogP contribution in [0.1, 0.15) is 24.5 Å². The molecule has 4 nitrogen and oxygen atoms in total. The number of carbonyl (C=O) groups excluding carboxylic acids is 1. The summed E-state index contributed by atoms with van der Waals surface area (Å²) in [4.78, 5) is 15.8.